The molecule has 2 unspecified atom stereocenters. The largest absolute Gasteiger partial charge is 0.494 e. The molecule has 0 aliphatic heterocycles. The van der Waals surface area contributed by atoms with Crippen LogP contribution in [-0.4, -0.2) is 14.7 Å². The Labute approximate surface area is 129 Å². The van der Waals surface area contributed by atoms with Gasteiger partial charge in [0, 0.05) is 11.0 Å². The van der Waals surface area contributed by atoms with E-state index in [0.717, 1.165) is 10.9 Å². The van der Waals surface area contributed by atoms with E-state index in [1.807, 2.05) is 6.07 Å². The maximum atomic E-state index is 12.0. The number of aromatic nitrogens is 2. The Morgan fingerprint density at radius 2 is 2.14 bits per heavy atom. The van der Waals surface area contributed by atoms with E-state index in [1.165, 1.54) is 4.57 Å². The minimum atomic E-state index is -0.573. The molecule has 5 nitrogen and oxygen atoms in total. The first-order chi connectivity index (χ1) is 9.97. The number of hydrogen-bond acceptors (Lipinski definition) is 3. The van der Waals surface area contributed by atoms with Crippen molar-refractivity contribution in [2.75, 3.05) is 0 Å². The van der Waals surface area contributed by atoms with Gasteiger partial charge in [0.2, 0.25) is 5.88 Å². The number of aromatic amines is 1. The van der Waals surface area contributed by atoms with Crippen molar-refractivity contribution in [1.82, 2.24) is 9.55 Å². The zero-order chi connectivity index (χ0) is 15.1. The van der Waals surface area contributed by atoms with Gasteiger partial charge < -0.3 is 5.11 Å². The third kappa shape index (κ3) is 2.68. The summed E-state index contributed by atoms with van der Waals surface area (Å²) < 4.78 is 2.05. The van der Waals surface area contributed by atoms with Crippen LogP contribution in [-0.2, 0) is 6.54 Å². The molecule has 0 radical (unpaired) electrons. The van der Waals surface area contributed by atoms with Gasteiger partial charge in [-0.05, 0) is 36.0 Å². The molecule has 2 atom stereocenters. The lowest BCUT2D eigenvalue weighted by Crippen LogP contribution is -2.31. The van der Waals surface area contributed by atoms with Gasteiger partial charge in [-0.1, -0.05) is 35.0 Å². The van der Waals surface area contributed by atoms with Crippen molar-refractivity contribution in [2.45, 2.75) is 19.9 Å². The molecule has 3 rings (SSSR count). The van der Waals surface area contributed by atoms with Crippen LogP contribution in [0.1, 0.15) is 13.3 Å². The third-order valence-electron chi connectivity index (χ3n) is 3.98. The minimum absolute atomic E-state index is 0.129. The smallest absolute Gasteiger partial charge is 0.331 e. The number of nitrogens with zero attached hydrogens (tertiary/aromatic N) is 1. The maximum Gasteiger partial charge on any atom is 0.331 e. The monoisotopic (exact) mass is 350 g/mol. The molecular formula is C15H15BrN2O3. The first kappa shape index (κ1) is 14.1. The second-order valence-corrected chi connectivity index (χ2v) is 6.47. The Hall–Kier alpha value is -1.82. The highest BCUT2D eigenvalue weighted by atomic mass is 79.9. The molecule has 1 fully saturated rings. The molecule has 1 aromatic heterocycles. The van der Waals surface area contributed by atoms with Crippen molar-refractivity contribution in [1.29, 1.82) is 0 Å². The summed E-state index contributed by atoms with van der Waals surface area (Å²) in [5.74, 6) is 0.674. The highest BCUT2D eigenvalue weighted by Gasteiger charge is 2.34. The predicted octanol–water partition coefficient (Wildman–Crippen LogP) is 2.33. The second kappa shape index (κ2) is 5.18. The first-order valence-electron chi connectivity index (χ1n) is 6.79. The summed E-state index contributed by atoms with van der Waals surface area (Å²) in [7, 11) is 0. The Bertz CT molecular complexity index is 809. The summed E-state index contributed by atoms with van der Waals surface area (Å²) in [6, 6.07) is 7.07. The number of hydrogen-bond donors (Lipinski definition) is 2. The number of halogens is 1. The van der Waals surface area contributed by atoms with Gasteiger partial charge in [0.05, 0.1) is 0 Å². The van der Waals surface area contributed by atoms with Crippen LogP contribution >= 0.6 is 15.9 Å². The van der Waals surface area contributed by atoms with Crippen molar-refractivity contribution in [3.63, 3.8) is 0 Å². The maximum absolute atomic E-state index is 12.0. The van der Waals surface area contributed by atoms with Gasteiger partial charge in [-0.2, -0.15) is 0 Å². The second-order valence-electron chi connectivity index (χ2n) is 5.55. The fourth-order valence-electron chi connectivity index (χ4n) is 2.52. The van der Waals surface area contributed by atoms with Crippen molar-refractivity contribution in [3.05, 3.63) is 49.6 Å². The van der Waals surface area contributed by atoms with Gasteiger partial charge in [-0.25, -0.2) is 4.79 Å². The lowest BCUT2D eigenvalue weighted by atomic mass is 10.1. The molecule has 0 spiro atoms. The molecule has 2 aromatic rings. The van der Waals surface area contributed by atoms with E-state index in [1.54, 1.807) is 18.2 Å². The van der Waals surface area contributed by atoms with Gasteiger partial charge in [0.1, 0.15) is 5.56 Å². The molecule has 1 aliphatic carbocycles. The summed E-state index contributed by atoms with van der Waals surface area (Å²) in [5, 5.41) is 10.4. The van der Waals surface area contributed by atoms with E-state index in [-0.39, 0.29) is 11.4 Å². The highest BCUT2D eigenvalue weighted by molar-refractivity contribution is 9.10. The van der Waals surface area contributed by atoms with Crippen molar-refractivity contribution in [2.24, 2.45) is 11.8 Å². The van der Waals surface area contributed by atoms with Gasteiger partial charge in [-0.3, -0.25) is 14.3 Å². The van der Waals surface area contributed by atoms with Crippen molar-refractivity contribution >= 4 is 15.9 Å². The highest BCUT2D eigenvalue weighted by Crippen LogP contribution is 2.39. The molecule has 2 N–H and O–H groups in total. The zero-order valence-electron chi connectivity index (χ0n) is 11.5. The summed E-state index contributed by atoms with van der Waals surface area (Å²) in [5.41, 5.74) is -0.434. The van der Waals surface area contributed by atoms with Gasteiger partial charge in [-0.15, -0.1) is 0 Å². The van der Waals surface area contributed by atoms with Crippen LogP contribution in [0.25, 0.3) is 11.1 Å². The number of benzene rings is 1. The molecule has 110 valence electrons. The van der Waals surface area contributed by atoms with Gasteiger partial charge in [0.25, 0.3) is 5.56 Å². The fourth-order valence-corrected chi connectivity index (χ4v) is 2.92. The average molecular weight is 351 g/mol. The van der Waals surface area contributed by atoms with Crippen LogP contribution < -0.4 is 11.2 Å². The minimum Gasteiger partial charge on any atom is -0.494 e. The van der Waals surface area contributed by atoms with Crippen molar-refractivity contribution < 1.29 is 5.11 Å². The molecule has 0 bridgehead atoms. The van der Waals surface area contributed by atoms with E-state index < -0.39 is 11.2 Å². The Kier molecular flexibility index (Phi) is 3.49. The Balaban J connectivity index is 2.14. The Morgan fingerprint density at radius 3 is 2.76 bits per heavy atom. The van der Waals surface area contributed by atoms with Crippen LogP contribution in [0.3, 0.4) is 0 Å². The number of nitrogens with one attached hydrogen (secondary N) is 1. The lowest BCUT2D eigenvalue weighted by molar-refractivity contribution is 0.391. The summed E-state index contributed by atoms with van der Waals surface area (Å²) in [6.07, 6.45) is 1.04. The first-order valence-corrected chi connectivity index (χ1v) is 7.58. The average Bonchev–Trinajstić information content (AvgIpc) is 3.10. The molecule has 0 amide bonds. The van der Waals surface area contributed by atoms with Crippen LogP contribution in [0.5, 0.6) is 5.88 Å². The van der Waals surface area contributed by atoms with E-state index >= 15 is 0 Å². The predicted molar refractivity (Wildman–Crippen MR) is 83.4 cm³/mol. The topological polar surface area (TPSA) is 75.1 Å². The quantitative estimate of drug-likeness (QED) is 0.891. The van der Waals surface area contributed by atoms with E-state index in [0.29, 0.717) is 23.9 Å². The van der Waals surface area contributed by atoms with Gasteiger partial charge in [0.15, 0.2) is 0 Å². The molecule has 1 aliphatic rings. The van der Waals surface area contributed by atoms with E-state index in [9.17, 15) is 14.7 Å². The summed E-state index contributed by atoms with van der Waals surface area (Å²) in [4.78, 5) is 26.3. The molecular weight excluding hydrogens is 336 g/mol. The fraction of sp³-hybridized carbons (Fsp3) is 0.333. The third-order valence-corrected chi connectivity index (χ3v) is 4.47. The van der Waals surface area contributed by atoms with Crippen LogP contribution in [0.2, 0.25) is 0 Å². The zero-order valence-corrected chi connectivity index (χ0v) is 13.1. The standard InChI is InChI=1S/C15H15BrN2O3/c1-8-5-10(8)7-18-14(20)12(13(19)17-15(18)21)9-3-2-4-11(16)6-9/h2-4,6,8,10,20H,5,7H2,1H3,(H,17,19,21). The number of aromatic hydroxyl groups is 1. The summed E-state index contributed by atoms with van der Waals surface area (Å²) in [6.45, 7) is 2.54. The number of H-pyrrole nitrogens is 1. The SMILES string of the molecule is CC1CC1Cn1c(O)c(-c2cccc(Br)c2)c(=O)[nH]c1=O. The Morgan fingerprint density at radius 1 is 1.43 bits per heavy atom. The van der Waals surface area contributed by atoms with E-state index in [4.69, 9.17) is 0 Å². The summed E-state index contributed by atoms with van der Waals surface area (Å²) >= 11 is 3.34. The molecule has 0 saturated heterocycles. The normalized spacial score (nSPS) is 20.5. The van der Waals surface area contributed by atoms with Crippen LogP contribution in [0.4, 0.5) is 0 Å². The van der Waals surface area contributed by atoms with Gasteiger partial charge >= 0.3 is 5.69 Å². The molecule has 21 heavy (non-hydrogen) atoms. The molecule has 1 saturated carbocycles. The molecule has 1 aromatic carbocycles. The lowest BCUT2D eigenvalue weighted by Gasteiger charge is -2.11. The molecule has 1 heterocycles. The van der Waals surface area contributed by atoms with Crippen LogP contribution in [0.15, 0.2) is 38.3 Å². The number of rotatable bonds is 3. The van der Waals surface area contributed by atoms with Crippen molar-refractivity contribution in [3.8, 4) is 17.0 Å². The van der Waals surface area contributed by atoms with Crippen LogP contribution in [0, 0.1) is 11.8 Å². The van der Waals surface area contributed by atoms with E-state index in [2.05, 4.69) is 27.8 Å². The molecule has 6 heteroatoms.